The molecule has 2 rings (SSSR count). The van der Waals surface area contributed by atoms with Gasteiger partial charge in [-0.05, 0) is 18.2 Å². The fourth-order valence-corrected chi connectivity index (χ4v) is 3.36. The topological polar surface area (TPSA) is 40.6 Å². The Morgan fingerprint density at radius 2 is 1.89 bits per heavy atom. The van der Waals surface area contributed by atoms with Gasteiger partial charge in [-0.25, -0.2) is 12.8 Å². The van der Waals surface area contributed by atoms with Gasteiger partial charge in [-0.15, -0.1) is 0 Å². The van der Waals surface area contributed by atoms with Crippen molar-refractivity contribution in [2.75, 3.05) is 32.4 Å². The SMILES string of the molecule is CS(=O)(=O)N1CCN(Cc2cc(Br)ccc2F)CC1. The Kier molecular flexibility index (Phi) is 4.60. The van der Waals surface area contributed by atoms with Gasteiger partial charge in [0.1, 0.15) is 5.82 Å². The van der Waals surface area contributed by atoms with Gasteiger partial charge >= 0.3 is 0 Å². The van der Waals surface area contributed by atoms with Gasteiger partial charge in [-0.3, -0.25) is 4.90 Å². The highest BCUT2D eigenvalue weighted by Gasteiger charge is 2.23. The predicted molar refractivity (Wildman–Crippen MR) is 75.8 cm³/mol. The zero-order valence-corrected chi connectivity index (χ0v) is 13.0. The first-order chi connectivity index (χ1) is 8.86. The molecule has 0 aliphatic carbocycles. The highest BCUT2D eigenvalue weighted by molar-refractivity contribution is 9.10. The minimum absolute atomic E-state index is 0.228. The molecule has 1 fully saturated rings. The average Bonchev–Trinajstić information content (AvgIpc) is 2.33. The van der Waals surface area contributed by atoms with Crippen LogP contribution in [0.1, 0.15) is 5.56 Å². The molecule has 1 aliphatic rings. The summed E-state index contributed by atoms with van der Waals surface area (Å²) in [7, 11) is -3.11. The van der Waals surface area contributed by atoms with Crippen molar-refractivity contribution >= 4 is 26.0 Å². The number of sulfonamides is 1. The first-order valence-electron chi connectivity index (χ1n) is 5.97. The lowest BCUT2D eigenvalue weighted by atomic mass is 10.2. The Hall–Kier alpha value is -0.500. The summed E-state index contributed by atoms with van der Waals surface area (Å²) < 4.78 is 38.7. The maximum absolute atomic E-state index is 13.6. The molecule has 0 radical (unpaired) electrons. The lowest BCUT2D eigenvalue weighted by Gasteiger charge is -2.33. The Morgan fingerprint density at radius 1 is 1.26 bits per heavy atom. The third-order valence-corrected chi connectivity index (χ3v) is 5.00. The molecule has 1 aliphatic heterocycles. The summed E-state index contributed by atoms with van der Waals surface area (Å²) in [5.41, 5.74) is 0.627. The monoisotopic (exact) mass is 350 g/mol. The maximum atomic E-state index is 13.6. The van der Waals surface area contributed by atoms with Crippen LogP contribution in [0.4, 0.5) is 4.39 Å². The first-order valence-corrected chi connectivity index (χ1v) is 8.62. The number of benzene rings is 1. The minimum atomic E-state index is -3.11. The summed E-state index contributed by atoms with van der Waals surface area (Å²) in [6.07, 6.45) is 1.22. The molecule has 0 N–H and O–H groups in total. The van der Waals surface area contributed by atoms with E-state index in [9.17, 15) is 12.8 Å². The van der Waals surface area contributed by atoms with Gasteiger partial charge in [-0.2, -0.15) is 4.31 Å². The van der Waals surface area contributed by atoms with Crippen molar-refractivity contribution in [1.82, 2.24) is 9.21 Å². The van der Waals surface area contributed by atoms with Gasteiger partial charge in [0.15, 0.2) is 0 Å². The number of nitrogens with zero attached hydrogens (tertiary/aromatic N) is 2. The van der Waals surface area contributed by atoms with E-state index in [2.05, 4.69) is 20.8 Å². The quantitative estimate of drug-likeness (QED) is 0.832. The minimum Gasteiger partial charge on any atom is -0.296 e. The molecule has 0 atom stereocenters. The van der Waals surface area contributed by atoms with Crippen LogP contribution in [0.3, 0.4) is 0 Å². The second kappa shape index (κ2) is 5.87. The number of piperazine rings is 1. The maximum Gasteiger partial charge on any atom is 0.211 e. The number of rotatable bonds is 3. The molecule has 106 valence electrons. The smallest absolute Gasteiger partial charge is 0.211 e. The molecule has 0 unspecified atom stereocenters. The third-order valence-electron chi connectivity index (χ3n) is 3.20. The number of hydrogen-bond donors (Lipinski definition) is 0. The normalized spacial score (nSPS) is 18.7. The molecule has 1 aromatic rings. The summed E-state index contributed by atoms with van der Waals surface area (Å²) in [5, 5.41) is 0. The second-order valence-corrected chi connectivity index (χ2v) is 7.57. The number of halogens is 2. The zero-order chi connectivity index (χ0) is 14.0. The fourth-order valence-electron chi connectivity index (χ4n) is 2.12. The summed E-state index contributed by atoms with van der Waals surface area (Å²) in [6, 6.07) is 4.87. The molecule has 1 heterocycles. The van der Waals surface area contributed by atoms with E-state index < -0.39 is 10.0 Å². The Bertz CT molecular complexity index is 557. The Balaban J connectivity index is 1.98. The molecule has 4 nitrogen and oxygen atoms in total. The molecule has 0 bridgehead atoms. The number of hydrogen-bond acceptors (Lipinski definition) is 3. The molecule has 1 saturated heterocycles. The third kappa shape index (κ3) is 3.98. The van der Waals surface area contributed by atoms with Gasteiger partial charge < -0.3 is 0 Å². The van der Waals surface area contributed by atoms with Crippen LogP contribution in [0.5, 0.6) is 0 Å². The lowest BCUT2D eigenvalue weighted by Crippen LogP contribution is -2.47. The molecule has 0 amide bonds. The average molecular weight is 351 g/mol. The molecule has 0 aromatic heterocycles. The van der Waals surface area contributed by atoms with Crippen LogP contribution in [-0.4, -0.2) is 50.1 Å². The van der Waals surface area contributed by atoms with Crippen molar-refractivity contribution in [3.63, 3.8) is 0 Å². The largest absolute Gasteiger partial charge is 0.296 e. The van der Waals surface area contributed by atoms with E-state index in [0.29, 0.717) is 38.3 Å². The molecule has 19 heavy (non-hydrogen) atoms. The summed E-state index contributed by atoms with van der Waals surface area (Å²) >= 11 is 3.32. The van der Waals surface area contributed by atoms with Crippen LogP contribution in [0.25, 0.3) is 0 Å². The Morgan fingerprint density at radius 3 is 2.47 bits per heavy atom. The summed E-state index contributed by atoms with van der Waals surface area (Å²) in [4.78, 5) is 2.06. The van der Waals surface area contributed by atoms with Gasteiger partial charge in [0.25, 0.3) is 0 Å². The Labute approximate surface area is 121 Å². The molecule has 1 aromatic carbocycles. The standard InChI is InChI=1S/C12H16BrFN2O2S/c1-19(17,18)16-6-4-15(5-7-16)9-10-8-11(13)2-3-12(10)14/h2-3,8H,4-7,9H2,1H3. The highest BCUT2D eigenvalue weighted by atomic mass is 79.9. The fraction of sp³-hybridized carbons (Fsp3) is 0.500. The van der Waals surface area contributed by atoms with Crippen molar-refractivity contribution in [1.29, 1.82) is 0 Å². The van der Waals surface area contributed by atoms with Crippen molar-refractivity contribution in [2.24, 2.45) is 0 Å². The van der Waals surface area contributed by atoms with E-state index in [4.69, 9.17) is 0 Å². The van der Waals surface area contributed by atoms with Crippen LogP contribution in [0.2, 0.25) is 0 Å². The van der Waals surface area contributed by atoms with Crippen molar-refractivity contribution in [3.8, 4) is 0 Å². The first kappa shape index (κ1) is 14.9. The van der Waals surface area contributed by atoms with E-state index in [-0.39, 0.29) is 5.82 Å². The van der Waals surface area contributed by atoms with E-state index in [1.54, 1.807) is 12.1 Å². The van der Waals surface area contributed by atoms with Gasteiger partial charge in [0.2, 0.25) is 10.0 Å². The van der Waals surface area contributed by atoms with Gasteiger partial charge in [-0.1, -0.05) is 15.9 Å². The second-order valence-electron chi connectivity index (χ2n) is 4.67. The van der Waals surface area contributed by atoms with E-state index in [0.717, 1.165) is 4.47 Å². The van der Waals surface area contributed by atoms with Gasteiger partial charge in [0.05, 0.1) is 6.26 Å². The summed E-state index contributed by atoms with van der Waals surface area (Å²) in [6.45, 7) is 2.68. The van der Waals surface area contributed by atoms with Crippen molar-refractivity contribution in [2.45, 2.75) is 6.54 Å². The lowest BCUT2D eigenvalue weighted by molar-refractivity contribution is 0.180. The van der Waals surface area contributed by atoms with Crippen LogP contribution in [0, 0.1) is 5.82 Å². The van der Waals surface area contributed by atoms with Crippen LogP contribution < -0.4 is 0 Å². The van der Waals surface area contributed by atoms with Crippen molar-refractivity contribution < 1.29 is 12.8 Å². The van der Waals surface area contributed by atoms with Crippen molar-refractivity contribution in [3.05, 3.63) is 34.1 Å². The van der Waals surface area contributed by atoms with Crippen LogP contribution in [0.15, 0.2) is 22.7 Å². The molecule has 0 saturated carbocycles. The van der Waals surface area contributed by atoms with Crippen LogP contribution >= 0.6 is 15.9 Å². The van der Waals surface area contributed by atoms with E-state index in [1.165, 1.54) is 16.6 Å². The molecular weight excluding hydrogens is 335 g/mol. The van der Waals surface area contributed by atoms with Crippen LogP contribution in [-0.2, 0) is 16.6 Å². The van der Waals surface area contributed by atoms with E-state index in [1.807, 2.05) is 0 Å². The zero-order valence-electron chi connectivity index (χ0n) is 10.6. The molecule has 7 heteroatoms. The summed E-state index contributed by atoms with van der Waals surface area (Å²) in [5.74, 6) is -0.228. The van der Waals surface area contributed by atoms with E-state index >= 15 is 0 Å². The molecule has 0 spiro atoms. The highest BCUT2D eigenvalue weighted by Crippen LogP contribution is 2.18. The molecular formula is C12H16BrFN2O2S. The predicted octanol–water partition coefficient (Wildman–Crippen LogP) is 1.67. The van der Waals surface area contributed by atoms with Gasteiger partial charge in [0, 0.05) is 42.8 Å².